The molecule has 2 unspecified atom stereocenters. The van der Waals surface area contributed by atoms with Gasteiger partial charge in [-0.05, 0) is 43.9 Å². The van der Waals surface area contributed by atoms with E-state index in [2.05, 4.69) is 6.92 Å². The largest absolute Gasteiger partial charge is 0.480 e. The third-order valence-electron chi connectivity index (χ3n) is 4.71. The van der Waals surface area contributed by atoms with E-state index in [1.807, 2.05) is 20.8 Å². The topological polar surface area (TPSA) is 63.6 Å². The number of hydrogen-bond acceptors (Lipinski definition) is 3. The zero-order valence-electron chi connectivity index (χ0n) is 15.9. The van der Waals surface area contributed by atoms with E-state index in [1.54, 1.807) is 13.8 Å². The Morgan fingerprint density at radius 2 is 1.65 bits per heavy atom. The molecular weight excluding hydrogens is 292 g/mol. The van der Waals surface area contributed by atoms with Gasteiger partial charge >= 0.3 is 11.9 Å². The Morgan fingerprint density at radius 3 is 2.04 bits per heavy atom. The molecule has 0 bridgehead atoms. The zero-order chi connectivity index (χ0) is 18.0. The molecule has 4 heteroatoms. The lowest BCUT2D eigenvalue weighted by Crippen LogP contribution is -2.46. The molecule has 0 aromatic rings. The number of carboxylic acid groups (broad SMARTS) is 1. The van der Waals surface area contributed by atoms with Crippen molar-refractivity contribution in [1.82, 2.24) is 0 Å². The fraction of sp³-hybridized carbons (Fsp3) is 0.895. The molecule has 136 valence electrons. The van der Waals surface area contributed by atoms with Crippen LogP contribution in [0.25, 0.3) is 0 Å². The van der Waals surface area contributed by atoms with Crippen LogP contribution in [0.15, 0.2) is 0 Å². The first kappa shape index (κ1) is 21.9. The highest BCUT2D eigenvalue weighted by Gasteiger charge is 2.50. The number of rotatable bonds is 12. The molecule has 0 saturated carbocycles. The van der Waals surface area contributed by atoms with Gasteiger partial charge in [0.2, 0.25) is 0 Å². The number of hydrogen-bond donors (Lipinski definition) is 1. The Morgan fingerprint density at radius 1 is 1.04 bits per heavy atom. The summed E-state index contributed by atoms with van der Waals surface area (Å²) in [7, 11) is 0. The minimum Gasteiger partial charge on any atom is -0.480 e. The Kier molecular flexibility index (Phi) is 10.2. The van der Waals surface area contributed by atoms with Crippen LogP contribution in [0.1, 0.15) is 86.5 Å². The van der Waals surface area contributed by atoms with Gasteiger partial charge in [-0.2, -0.15) is 0 Å². The fourth-order valence-electron chi connectivity index (χ4n) is 2.81. The van der Waals surface area contributed by atoms with E-state index in [0.717, 1.165) is 32.1 Å². The number of esters is 1. The molecule has 0 aliphatic rings. The highest BCUT2D eigenvalue weighted by Crippen LogP contribution is 2.37. The third kappa shape index (κ3) is 6.52. The standard InChI is InChI=1S/C19H36O4/c1-7-9-10-11-16(8-2)23-18(22)19(15(5)6,17(20)21)13-12-14(3)4/h14-16H,7-13H2,1-6H3,(H,20,21). The third-order valence-corrected chi connectivity index (χ3v) is 4.71. The van der Waals surface area contributed by atoms with Crippen molar-refractivity contribution in [2.75, 3.05) is 0 Å². The second kappa shape index (κ2) is 10.7. The Labute approximate surface area is 142 Å². The smallest absolute Gasteiger partial charge is 0.324 e. The quantitative estimate of drug-likeness (QED) is 0.309. The van der Waals surface area contributed by atoms with Gasteiger partial charge < -0.3 is 9.84 Å². The normalized spacial score (nSPS) is 15.5. The average molecular weight is 328 g/mol. The Bertz CT molecular complexity index is 362. The number of unbranched alkanes of at least 4 members (excludes halogenated alkanes) is 2. The first-order valence-electron chi connectivity index (χ1n) is 9.16. The molecule has 0 amide bonds. The maximum absolute atomic E-state index is 12.8. The number of ether oxygens (including phenoxy) is 1. The van der Waals surface area contributed by atoms with Crippen molar-refractivity contribution in [2.24, 2.45) is 17.3 Å². The van der Waals surface area contributed by atoms with Gasteiger partial charge in [0, 0.05) is 0 Å². The Hall–Kier alpha value is -1.06. The van der Waals surface area contributed by atoms with Gasteiger partial charge in [0.05, 0.1) is 0 Å². The van der Waals surface area contributed by atoms with E-state index >= 15 is 0 Å². The summed E-state index contributed by atoms with van der Waals surface area (Å²) in [6.45, 7) is 11.8. The molecule has 0 radical (unpaired) electrons. The van der Waals surface area contributed by atoms with Crippen molar-refractivity contribution in [3.05, 3.63) is 0 Å². The minimum absolute atomic E-state index is 0.175. The summed E-state index contributed by atoms with van der Waals surface area (Å²) < 4.78 is 5.65. The lowest BCUT2D eigenvalue weighted by atomic mass is 9.72. The van der Waals surface area contributed by atoms with Crippen LogP contribution in [0.2, 0.25) is 0 Å². The van der Waals surface area contributed by atoms with Gasteiger partial charge in [0.1, 0.15) is 6.10 Å². The lowest BCUT2D eigenvalue weighted by molar-refractivity contribution is -0.177. The number of carbonyl (C=O) groups excluding carboxylic acids is 1. The molecule has 23 heavy (non-hydrogen) atoms. The summed E-state index contributed by atoms with van der Waals surface area (Å²) in [5, 5.41) is 9.78. The maximum atomic E-state index is 12.8. The highest BCUT2D eigenvalue weighted by molar-refractivity contribution is 5.99. The monoisotopic (exact) mass is 328 g/mol. The summed E-state index contributed by atoms with van der Waals surface area (Å²) in [5.41, 5.74) is -1.43. The number of aliphatic carboxylic acids is 1. The van der Waals surface area contributed by atoms with Crippen molar-refractivity contribution in [3.8, 4) is 0 Å². The molecular formula is C19H36O4. The first-order chi connectivity index (χ1) is 10.7. The van der Waals surface area contributed by atoms with Crippen molar-refractivity contribution >= 4 is 11.9 Å². The van der Waals surface area contributed by atoms with E-state index in [-0.39, 0.29) is 12.0 Å². The van der Waals surface area contributed by atoms with Crippen molar-refractivity contribution in [1.29, 1.82) is 0 Å². The number of carboxylic acids is 1. The molecule has 0 aromatic carbocycles. The van der Waals surface area contributed by atoms with Crippen LogP contribution in [0, 0.1) is 17.3 Å². The molecule has 0 rings (SSSR count). The van der Waals surface area contributed by atoms with Crippen LogP contribution in [0.4, 0.5) is 0 Å². The van der Waals surface area contributed by atoms with E-state index in [1.165, 1.54) is 0 Å². The summed E-state index contributed by atoms with van der Waals surface area (Å²) in [5.74, 6) is -1.54. The van der Waals surface area contributed by atoms with Gasteiger partial charge in [0.25, 0.3) is 0 Å². The Balaban J connectivity index is 5.13. The lowest BCUT2D eigenvalue weighted by Gasteiger charge is -2.33. The van der Waals surface area contributed by atoms with E-state index < -0.39 is 17.4 Å². The first-order valence-corrected chi connectivity index (χ1v) is 9.16. The SMILES string of the molecule is CCCCCC(CC)OC(=O)C(CCC(C)C)(C(=O)O)C(C)C. The summed E-state index contributed by atoms with van der Waals surface area (Å²) in [4.78, 5) is 24.7. The van der Waals surface area contributed by atoms with Crippen LogP contribution in [-0.4, -0.2) is 23.1 Å². The van der Waals surface area contributed by atoms with Crippen molar-refractivity contribution in [2.45, 2.75) is 92.6 Å². The summed E-state index contributed by atoms with van der Waals surface area (Å²) in [6.07, 6.45) is 5.64. The molecule has 2 atom stereocenters. The van der Waals surface area contributed by atoms with E-state index in [4.69, 9.17) is 4.74 Å². The average Bonchev–Trinajstić information content (AvgIpc) is 2.45. The van der Waals surface area contributed by atoms with Gasteiger partial charge in [0.15, 0.2) is 5.41 Å². The van der Waals surface area contributed by atoms with Crippen LogP contribution < -0.4 is 0 Å². The molecule has 1 N–H and O–H groups in total. The van der Waals surface area contributed by atoms with Gasteiger partial charge in [-0.3, -0.25) is 9.59 Å². The molecule has 0 saturated heterocycles. The van der Waals surface area contributed by atoms with Crippen LogP contribution in [0.5, 0.6) is 0 Å². The number of carbonyl (C=O) groups is 2. The van der Waals surface area contributed by atoms with Gasteiger partial charge in [-0.1, -0.05) is 54.4 Å². The van der Waals surface area contributed by atoms with Gasteiger partial charge in [-0.25, -0.2) is 0 Å². The molecule has 0 heterocycles. The second-order valence-electron chi connectivity index (χ2n) is 7.30. The molecule has 0 spiro atoms. The summed E-state index contributed by atoms with van der Waals surface area (Å²) >= 11 is 0. The second-order valence-corrected chi connectivity index (χ2v) is 7.30. The highest BCUT2D eigenvalue weighted by atomic mass is 16.5. The zero-order valence-corrected chi connectivity index (χ0v) is 15.9. The fourth-order valence-corrected chi connectivity index (χ4v) is 2.81. The molecule has 0 aliphatic carbocycles. The van der Waals surface area contributed by atoms with Crippen molar-refractivity contribution < 1.29 is 19.4 Å². The van der Waals surface area contributed by atoms with Crippen LogP contribution in [0.3, 0.4) is 0 Å². The predicted octanol–water partition coefficient (Wildman–Crippen LogP) is 5.05. The van der Waals surface area contributed by atoms with E-state index in [9.17, 15) is 14.7 Å². The molecule has 4 nitrogen and oxygen atoms in total. The minimum atomic E-state index is -1.43. The molecule has 0 aliphatic heterocycles. The van der Waals surface area contributed by atoms with E-state index in [0.29, 0.717) is 18.8 Å². The molecule has 0 aromatic heterocycles. The maximum Gasteiger partial charge on any atom is 0.324 e. The van der Waals surface area contributed by atoms with Gasteiger partial charge in [-0.15, -0.1) is 0 Å². The van der Waals surface area contributed by atoms with Crippen LogP contribution >= 0.6 is 0 Å². The van der Waals surface area contributed by atoms with Crippen LogP contribution in [-0.2, 0) is 14.3 Å². The van der Waals surface area contributed by atoms with Crippen molar-refractivity contribution in [3.63, 3.8) is 0 Å². The predicted molar refractivity (Wildman–Crippen MR) is 93.3 cm³/mol. The molecule has 0 fully saturated rings. The summed E-state index contributed by atoms with van der Waals surface area (Å²) in [6, 6.07) is 0.